The third-order valence-electron chi connectivity index (χ3n) is 2.16. The normalized spacial score (nSPS) is 10.1. The lowest BCUT2D eigenvalue weighted by atomic mass is 10.4. The summed E-state index contributed by atoms with van der Waals surface area (Å²) in [5, 5.41) is 6.09. The van der Waals surface area contributed by atoms with Crippen LogP contribution in [0.25, 0.3) is 0 Å². The Labute approximate surface area is 108 Å². The zero-order valence-electron chi connectivity index (χ0n) is 10.0. The number of aromatic nitrogens is 3. The molecule has 0 amide bonds. The van der Waals surface area contributed by atoms with Gasteiger partial charge >= 0.3 is 5.97 Å². The molecule has 0 aliphatic rings. The lowest BCUT2D eigenvalue weighted by Crippen LogP contribution is -2.07. The summed E-state index contributed by atoms with van der Waals surface area (Å²) in [6, 6.07) is 0. The average Bonchev–Trinajstić information content (AvgIpc) is 2.82. The molecule has 0 aliphatic heterocycles. The van der Waals surface area contributed by atoms with Crippen LogP contribution in [-0.4, -0.2) is 28.0 Å². The highest BCUT2D eigenvalue weighted by molar-refractivity contribution is 7.09. The van der Waals surface area contributed by atoms with Gasteiger partial charge in [-0.15, -0.1) is 11.3 Å². The second-order valence-electron chi connectivity index (χ2n) is 3.49. The molecule has 0 aromatic carbocycles. The molecule has 1 N–H and O–H groups in total. The fourth-order valence-corrected chi connectivity index (χ4v) is 1.91. The highest BCUT2D eigenvalue weighted by Crippen LogP contribution is 2.10. The number of aryl methyl sites for hydroxylation is 1. The van der Waals surface area contributed by atoms with Gasteiger partial charge in [0.1, 0.15) is 5.82 Å². The predicted molar refractivity (Wildman–Crippen MR) is 67.5 cm³/mol. The van der Waals surface area contributed by atoms with E-state index in [0.717, 1.165) is 10.7 Å². The minimum absolute atomic E-state index is 0.188. The number of hydrogen-bond donors (Lipinski definition) is 1. The Hall–Kier alpha value is -2.02. The number of thiazole rings is 1. The zero-order valence-corrected chi connectivity index (χ0v) is 10.8. The number of ether oxygens (including phenoxy) is 1. The summed E-state index contributed by atoms with van der Waals surface area (Å²) < 4.78 is 4.54. The summed E-state index contributed by atoms with van der Waals surface area (Å²) >= 11 is 1.60. The quantitative estimate of drug-likeness (QED) is 0.846. The number of hydrogen-bond acceptors (Lipinski definition) is 7. The number of esters is 1. The summed E-state index contributed by atoms with van der Waals surface area (Å²) in [5.41, 5.74) is 1.14. The van der Waals surface area contributed by atoms with Gasteiger partial charge in [-0.3, -0.25) is 0 Å². The van der Waals surface area contributed by atoms with Crippen molar-refractivity contribution in [1.29, 1.82) is 0 Å². The van der Waals surface area contributed by atoms with Gasteiger partial charge < -0.3 is 10.1 Å². The Morgan fingerprint density at radius 1 is 1.44 bits per heavy atom. The molecule has 0 radical (unpaired) electrons. The summed E-state index contributed by atoms with van der Waals surface area (Å²) in [5.74, 6) is 0.0949. The van der Waals surface area contributed by atoms with Crippen molar-refractivity contribution in [3.8, 4) is 0 Å². The van der Waals surface area contributed by atoms with Gasteiger partial charge in [0.2, 0.25) is 0 Å². The lowest BCUT2D eigenvalue weighted by molar-refractivity contribution is 0.0593. The van der Waals surface area contributed by atoms with Crippen molar-refractivity contribution in [3.05, 3.63) is 34.2 Å². The van der Waals surface area contributed by atoms with Gasteiger partial charge in [0, 0.05) is 5.38 Å². The van der Waals surface area contributed by atoms with Crippen LogP contribution in [0.3, 0.4) is 0 Å². The van der Waals surface area contributed by atoms with E-state index in [4.69, 9.17) is 0 Å². The minimum atomic E-state index is -0.496. The van der Waals surface area contributed by atoms with Crippen LogP contribution in [0.5, 0.6) is 0 Å². The van der Waals surface area contributed by atoms with E-state index in [-0.39, 0.29) is 5.69 Å². The predicted octanol–water partition coefficient (Wildman–Crippen LogP) is 1.64. The van der Waals surface area contributed by atoms with E-state index in [1.54, 1.807) is 11.3 Å². The first-order valence-electron chi connectivity index (χ1n) is 5.24. The van der Waals surface area contributed by atoms with Crippen LogP contribution in [0.4, 0.5) is 5.82 Å². The van der Waals surface area contributed by atoms with Crippen LogP contribution in [0.2, 0.25) is 0 Å². The molecule has 0 saturated carbocycles. The maximum Gasteiger partial charge on any atom is 0.358 e. The Kier molecular flexibility index (Phi) is 3.83. The summed E-state index contributed by atoms with van der Waals surface area (Å²) in [6.07, 6.45) is 2.87. The first-order chi connectivity index (χ1) is 8.69. The molecular formula is C11H12N4O2S. The van der Waals surface area contributed by atoms with Crippen molar-refractivity contribution in [1.82, 2.24) is 15.0 Å². The molecule has 94 valence electrons. The van der Waals surface area contributed by atoms with Crippen molar-refractivity contribution in [2.75, 3.05) is 12.4 Å². The van der Waals surface area contributed by atoms with Gasteiger partial charge in [-0.25, -0.2) is 19.7 Å². The van der Waals surface area contributed by atoms with E-state index in [1.165, 1.54) is 19.5 Å². The Morgan fingerprint density at radius 3 is 2.83 bits per heavy atom. The second kappa shape index (κ2) is 5.54. The third kappa shape index (κ3) is 3.01. The van der Waals surface area contributed by atoms with Gasteiger partial charge in [0.05, 0.1) is 36.7 Å². The van der Waals surface area contributed by atoms with Crippen molar-refractivity contribution >= 4 is 23.1 Å². The second-order valence-corrected chi connectivity index (χ2v) is 4.55. The number of rotatable bonds is 4. The smallest absolute Gasteiger partial charge is 0.358 e. The van der Waals surface area contributed by atoms with Gasteiger partial charge in [-0.05, 0) is 6.92 Å². The highest BCUT2D eigenvalue weighted by Gasteiger charge is 2.07. The van der Waals surface area contributed by atoms with Crippen molar-refractivity contribution in [2.45, 2.75) is 13.5 Å². The molecule has 2 heterocycles. The van der Waals surface area contributed by atoms with E-state index in [2.05, 4.69) is 25.0 Å². The Morgan fingerprint density at radius 2 is 2.28 bits per heavy atom. The third-order valence-corrected chi connectivity index (χ3v) is 2.99. The number of anilines is 1. The molecule has 2 rings (SSSR count). The maximum absolute atomic E-state index is 11.2. The monoisotopic (exact) mass is 264 g/mol. The van der Waals surface area contributed by atoms with Crippen LogP contribution in [-0.2, 0) is 11.3 Å². The molecule has 0 unspecified atom stereocenters. The van der Waals surface area contributed by atoms with Crippen LogP contribution in [0, 0.1) is 6.92 Å². The molecule has 7 heteroatoms. The van der Waals surface area contributed by atoms with Gasteiger partial charge in [-0.1, -0.05) is 0 Å². The molecule has 6 nitrogen and oxygen atoms in total. The molecule has 0 fully saturated rings. The topological polar surface area (TPSA) is 77.0 Å². The fourth-order valence-electron chi connectivity index (χ4n) is 1.30. The Bertz CT molecular complexity index is 538. The van der Waals surface area contributed by atoms with E-state index >= 15 is 0 Å². The number of carbonyl (C=O) groups excluding carboxylic acids is 1. The number of nitrogens with zero attached hydrogens (tertiary/aromatic N) is 3. The number of nitrogens with one attached hydrogen (secondary N) is 1. The molecule has 0 spiro atoms. The van der Waals surface area contributed by atoms with E-state index in [0.29, 0.717) is 12.4 Å². The lowest BCUT2D eigenvalue weighted by Gasteiger charge is -2.03. The average molecular weight is 264 g/mol. The SMILES string of the molecule is COC(=O)c1cnc(NCc2csc(C)n2)cn1. The number of carbonyl (C=O) groups is 1. The van der Waals surface area contributed by atoms with Crippen molar-refractivity contribution in [2.24, 2.45) is 0 Å². The first kappa shape index (κ1) is 12.4. The van der Waals surface area contributed by atoms with E-state index in [1.807, 2.05) is 12.3 Å². The standard InChI is InChI=1S/C11H12N4O2S/c1-7-15-8(6-18-7)3-13-10-5-12-9(4-14-10)11(16)17-2/h4-6H,3H2,1-2H3,(H,13,14). The highest BCUT2D eigenvalue weighted by atomic mass is 32.1. The van der Waals surface area contributed by atoms with Gasteiger partial charge in [0.25, 0.3) is 0 Å². The van der Waals surface area contributed by atoms with Crippen LogP contribution in [0.15, 0.2) is 17.8 Å². The van der Waals surface area contributed by atoms with Crippen molar-refractivity contribution in [3.63, 3.8) is 0 Å². The van der Waals surface area contributed by atoms with Gasteiger partial charge in [-0.2, -0.15) is 0 Å². The molecule has 2 aromatic rings. The fraction of sp³-hybridized carbons (Fsp3) is 0.273. The zero-order chi connectivity index (χ0) is 13.0. The molecule has 2 aromatic heterocycles. The van der Waals surface area contributed by atoms with Crippen LogP contribution in [0.1, 0.15) is 21.2 Å². The summed E-state index contributed by atoms with van der Waals surface area (Å²) in [7, 11) is 1.31. The molecule has 0 bridgehead atoms. The van der Waals surface area contributed by atoms with Crippen molar-refractivity contribution < 1.29 is 9.53 Å². The minimum Gasteiger partial charge on any atom is -0.464 e. The largest absolute Gasteiger partial charge is 0.464 e. The van der Waals surface area contributed by atoms with Crippen LogP contribution < -0.4 is 5.32 Å². The molecule has 0 atom stereocenters. The number of methoxy groups -OCH3 is 1. The van der Waals surface area contributed by atoms with E-state index in [9.17, 15) is 4.79 Å². The summed E-state index contributed by atoms with van der Waals surface area (Å²) in [6.45, 7) is 2.54. The van der Waals surface area contributed by atoms with Gasteiger partial charge in [0.15, 0.2) is 5.69 Å². The van der Waals surface area contributed by atoms with E-state index < -0.39 is 5.97 Å². The Balaban J connectivity index is 1.96. The molecular weight excluding hydrogens is 252 g/mol. The molecule has 0 saturated heterocycles. The molecule has 18 heavy (non-hydrogen) atoms. The van der Waals surface area contributed by atoms with Crippen LogP contribution >= 0.6 is 11.3 Å². The maximum atomic E-state index is 11.2. The summed E-state index contributed by atoms with van der Waals surface area (Å²) in [4.78, 5) is 23.5. The first-order valence-corrected chi connectivity index (χ1v) is 6.12. The molecule has 0 aliphatic carbocycles.